The van der Waals surface area contributed by atoms with Crippen LogP contribution >= 0.6 is 0 Å². The van der Waals surface area contributed by atoms with Crippen LogP contribution in [-0.4, -0.2) is 18.6 Å². The highest BCUT2D eigenvalue weighted by molar-refractivity contribution is 5.78. The van der Waals surface area contributed by atoms with Crippen LogP contribution in [0.2, 0.25) is 0 Å². The maximum absolute atomic E-state index is 11.4. The van der Waals surface area contributed by atoms with Gasteiger partial charge in [0, 0.05) is 12.1 Å². The molecule has 1 aromatic carbocycles. The van der Waals surface area contributed by atoms with E-state index in [0.29, 0.717) is 11.8 Å². The summed E-state index contributed by atoms with van der Waals surface area (Å²) in [4.78, 5) is 11.4. The summed E-state index contributed by atoms with van der Waals surface area (Å²) < 4.78 is 5.38. The number of nitrogens with two attached hydrogens (primary N) is 1. The van der Waals surface area contributed by atoms with Gasteiger partial charge in [-0.05, 0) is 37.5 Å². The third-order valence-corrected chi connectivity index (χ3v) is 2.72. The van der Waals surface area contributed by atoms with E-state index in [-0.39, 0.29) is 18.6 Å². The number of ether oxygens (including phenoxy) is 1. The van der Waals surface area contributed by atoms with E-state index in [1.165, 1.54) is 0 Å². The normalized spacial score (nSPS) is 16.4. The topological polar surface area (TPSA) is 64.3 Å². The molecule has 1 aliphatic rings. The van der Waals surface area contributed by atoms with Gasteiger partial charge in [0.2, 0.25) is 0 Å². The second-order valence-corrected chi connectivity index (χ2v) is 4.49. The van der Waals surface area contributed by atoms with Crippen molar-refractivity contribution >= 4 is 5.91 Å². The molecule has 4 nitrogen and oxygen atoms in total. The molecule has 3 N–H and O–H groups in total. The minimum Gasteiger partial charge on any atom is -0.484 e. The molecule has 17 heavy (non-hydrogen) atoms. The fourth-order valence-electron chi connectivity index (χ4n) is 1.51. The molecule has 1 fully saturated rings. The molecule has 0 bridgehead atoms. The molecular formula is C13H18N2O2. The predicted molar refractivity (Wildman–Crippen MR) is 65.7 cm³/mol. The third kappa shape index (κ3) is 3.75. The first-order valence-corrected chi connectivity index (χ1v) is 5.93. The lowest BCUT2D eigenvalue weighted by Gasteiger charge is -2.09. The van der Waals surface area contributed by atoms with E-state index in [2.05, 4.69) is 5.32 Å². The molecule has 0 aliphatic heterocycles. The Hall–Kier alpha value is -1.55. The number of benzene rings is 1. The van der Waals surface area contributed by atoms with Gasteiger partial charge in [0.05, 0.1) is 0 Å². The number of hydrogen-bond donors (Lipinski definition) is 2. The highest BCUT2D eigenvalue weighted by Gasteiger charge is 2.23. The van der Waals surface area contributed by atoms with Gasteiger partial charge in [0.25, 0.3) is 5.91 Å². The fraction of sp³-hybridized carbons (Fsp3) is 0.462. The lowest BCUT2D eigenvalue weighted by Crippen LogP contribution is -2.30. The summed E-state index contributed by atoms with van der Waals surface area (Å²) in [6.07, 6.45) is 2.18. The van der Waals surface area contributed by atoms with Crippen LogP contribution in [0.5, 0.6) is 5.75 Å². The van der Waals surface area contributed by atoms with Crippen LogP contribution in [0.15, 0.2) is 24.3 Å². The van der Waals surface area contributed by atoms with Crippen molar-refractivity contribution in [3.05, 3.63) is 29.8 Å². The van der Waals surface area contributed by atoms with Crippen molar-refractivity contribution in [2.24, 2.45) is 5.73 Å². The van der Waals surface area contributed by atoms with E-state index in [1.54, 1.807) is 0 Å². The molecule has 1 saturated carbocycles. The van der Waals surface area contributed by atoms with E-state index in [1.807, 2.05) is 31.2 Å². The zero-order chi connectivity index (χ0) is 12.3. The van der Waals surface area contributed by atoms with Crippen LogP contribution in [0.3, 0.4) is 0 Å². The molecule has 4 heteroatoms. The summed E-state index contributed by atoms with van der Waals surface area (Å²) in [5.74, 6) is 0.643. The Morgan fingerprint density at radius 3 is 2.65 bits per heavy atom. The van der Waals surface area contributed by atoms with Crippen molar-refractivity contribution in [1.82, 2.24) is 5.32 Å². The number of amides is 1. The smallest absolute Gasteiger partial charge is 0.258 e. The monoisotopic (exact) mass is 234 g/mol. The summed E-state index contributed by atoms with van der Waals surface area (Å²) in [7, 11) is 0. The van der Waals surface area contributed by atoms with Gasteiger partial charge in [-0.2, -0.15) is 0 Å². The summed E-state index contributed by atoms with van der Waals surface area (Å²) in [5.41, 5.74) is 6.80. The standard InChI is InChI=1S/C13H18N2O2/c1-9(14)10-2-6-12(7-3-10)17-8-13(16)15-11-4-5-11/h2-3,6-7,9,11H,4-5,8,14H2,1H3,(H,15,16)/t9-/m1/s1. The first kappa shape index (κ1) is 11.9. The second kappa shape index (κ2) is 5.19. The molecule has 2 rings (SSSR count). The summed E-state index contributed by atoms with van der Waals surface area (Å²) in [6, 6.07) is 7.90. The average molecular weight is 234 g/mol. The zero-order valence-electron chi connectivity index (χ0n) is 9.98. The summed E-state index contributed by atoms with van der Waals surface area (Å²) in [6.45, 7) is 2.01. The van der Waals surface area contributed by atoms with Crippen molar-refractivity contribution in [2.75, 3.05) is 6.61 Å². The van der Waals surface area contributed by atoms with E-state index < -0.39 is 0 Å². The van der Waals surface area contributed by atoms with Gasteiger partial charge in [-0.3, -0.25) is 4.79 Å². The average Bonchev–Trinajstić information content (AvgIpc) is 3.11. The van der Waals surface area contributed by atoms with Gasteiger partial charge >= 0.3 is 0 Å². The van der Waals surface area contributed by atoms with Crippen LogP contribution < -0.4 is 15.8 Å². The molecule has 1 aliphatic carbocycles. The Bertz CT molecular complexity index is 383. The number of nitrogens with one attached hydrogen (secondary N) is 1. The fourth-order valence-corrected chi connectivity index (χ4v) is 1.51. The van der Waals surface area contributed by atoms with Gasteiger partial charge < -0.3 is 15.8 Å². The number of carbonyl (C=O) groups is 1. The van der Waals surface area contributed by atoms with Crippen LogP contribution in [-0.2, 0) is 4.79 Å². The van der Waals surface area contributed by atoms with E-state index in [4.69, 9.17) is 10.5 Å². The minimum atomic E-state index is -0.0521. The summed E-state index contributed by atoms with van der Waals surface area (Å²) in [5, 5.41) is 2.87. The number of hydrogen-bond acceptors (Lipinski definition) is 3. The molecule has 92 valence electrons. The molecule has 0 unspecified atom stereocenters. The number of carbonyl (C=O) groups excluding carboxylic acids is 1. The van der Waals surface area contributed by atoms with Crippen molar-refractivity contribution in [3.8, 4) is 5.75 Å². The van der Waals surface area contributed by atoms with Gasteiger partial charge in [0.15, 0.2) is 6.61 Å². The Morgan fingerprint density at radius 1 is 1.47 bits per heavy atom. The first-order chi connectivity index (χ1) is 8.15. The van der Waals surface area contributed by atoms with Gasteiger partial charge in [0.1, 0.15) is 5.75 Å². The van der Waals surface area contributed by atoms with Gasteiger partial charge in [-0.25, -0.2) is 0 Å². The lowest BCUT2D eigenvalue weighted by molar-refractivity contribution is -0.123. The Kier molecular flexibility index (Phi) is 3.64. The molecule has 0 radical (unpaired) electrons. The molecule has 0 saturated heterocycles. The van der Waals surface area contributed by atoms with Crippen molar-refractivity contribution in [3.63, 3.8) is 0 Å². The van der Waals surface area contributed by atoms with Gasteiger partial charge in [-0.15, -0.1) is 0 Å². The lowest BCUT2D eigenvalue weighted by atomic mass is 10.1. The van der Waals surface area contributed by atoms with E-state index in [0.717, 1.165) is 18.4 Å². The summed E-state index contributed by atoms with van der Waals surface area (Å²) >= 11 is 0. The van der Waals surface area contributed by atoms with Crippen LogP contribution in [0.25, 0.3) is 0 Å². The van der Waals surface area contributed by atoms with Crippen LogP contribution in [0.4, 0.5) is 0 Å². The Morgan fingerprint density at radius 2 is 2.12 bits per heavy atom. The van der Waals surface area contributed by atoms with E-state index in [9.17, 15) is 4.79 Å². The number of rotatable bonds is 5. The Balaban J connectivity index is 1.79. The molecule has 1 aromatic rings. The quantitative estimate of drug-likeness (QED) is 0.808. The van der Waals surface area contributed by atoms with Crippen molar-refractivity contribution < 1.29 is 9.53 Å². The molecular weight excluding hydrogens is 216 g/mol. The molecule has 0 heterocycles. The Labute approximate surface area is 101 Å². The minimum absolute atomic E-state index is 0.0159. The highest BCUT2D eigenvalue weighted by Crippen LogP contribution is 2.19. The molecule has 0 spiro atoms. The molecule has 1 amide bonds. The largest absolute Gasteiger partial charge is 0.484 e. The van der Waals surface area contributed by atoms with Gasteiger partial charge in [-0.1, -0.05) is 12.1 Å². The first-order valence-electron chi connectivity index (χ1n) is 5.93. The van der Waals surface area contributed by atoms with Crippen molar-refractivity contribution in [1.29, 1.82) is 0 Å². The van der Waals surface area contributed by atoms with Crippen molar-refractivity contribution in [2.45, 2.75) is 31.8 Å². The maximum atomic E-state index is 11.4. The molecule has 1 atom stereocenters. The maximum Gasteiger partial charge on any atom is 0.258 e. The third-order valence-electron chi connectivity index (χ3n) is 2.72. The molecule has 0 aromatic heterocycles. The highest BCUT2D eigenvalue weighted by atomic mass is 16.5. The van der Waals surface area contributed by atoms with E-state index >= 15 is 0 Å². The SMILES string of the molecule is C[C@@H](N)c1ccc(OCC(=O)NC2CC2)cc1. The second-order valence-electron chi connectivity index (χ2n) is 4.49. The van der Waals surface area contributed by atoms with Crippen LogP contribution in [0.1, 0.15) is 31.4 Å². The zero-order valence-corrected chi connectivity index (χ0v) is 9.98. The van der Waals surface area contributed by atoms with Crippen LogP contribution in [0, 0.1) is 0 Å². The predicted octanol–water partition coefficient (Wildman–Crippen LogP) is 1.36.